The summed E-state index contributed by atoms with van der Waals surface area (Å²) in [7, 11) is 4.18. The maximum Gasteiger partial charge on any atom is 0.0451 e. The lowest BCUT2D eigenvalue weighted by atomic mass is 10.2. The number of rotatable bonds is 6. The van der Waals surface area contributed by atoms with Gasteiger partial charge in [-0.15, -0.1) is 0 Å². The SMILES string of the molecule is CN(C)CCCNCc1cc(Br)ccc1Cl. The third-order valence-corrected chi connectivity index (χ3v) is 3.14. The summed E-state index contributed by atoms with van der Waals surface area (Å²) in [6, 6.07) is 5.93. The molecule has 1 N–H and O–H groups in total. The van der Waals surface area contributed by atoms with Crippen molar-refractivity contribution in [3.63, 3.8) is 0 Å². The predicted octanol–water partition coefficient (Wildman–Crippen LogP) is 3.14. The van der Waals surface area contributed by atoms with Gasteiger partial charge in [0.1, 0.15) is 0 Å². The van der Waals surface area contributed by atoms with Gasteiger partial charge in [0.05, 0.1) is 0 Å². The van der Waals surface area contributed by atoms with Gasteiger partial charge in [-0.05, 0) is 57.4 Å². The second-order valence-electron chi connectivity index (χ2n) is 4.07. The van der Waals surface area contributed by atoms with E-state index in [-0.39, 0.29) is 0 Å². The van der Waals surface area contributed by atoms with Crippen LogP contribution in [0.4, 0.5) is 0 Å². The number of halogens is 2. The van der Waals surface area contributed by atoms with Crippen molar-refractivity contribution >= 4 is 27.5 Å². The molecular formula is C12H18BrClN2. The lowest BCUT2D eigenvalue weighted by molar-refractivity contribution is 0.394. The van der Waals surface area contributed by atoms with Gasteiger partial charge in [0.15, 0.2) is 0 Å². The number of benzene rings is 1. The second kappa shape index (κ2) is 7.28. The standard InChI is InChI=1S/C12H18BrClN2/c1-16(2)7-3-6-15-9-10-8-11(13)4-5-12(10)14/h4-5,8,15H,3,6-7,9H2,1-2H3. The molecular weight excluding hydrogens is 288 g/mol. The topological polar surface area (TPSA) is 15.3 Å². The molecule has 0 aromatic heterocycles. The van der Waals surface area contributed by atoms with Gasteiger partial charge in [-0.25, -0.2) is 0 Å². The smallest absolute Gasteiger partial charge is 0.0451 e. The molecule has 0 atom stereocenters. The van der Waals surface area contributed by atoms with Crippen LogP contribution in [0.15, 0.2) is 22.7 Å². The van der Waals surface area contributed by atoms with E-state index in [2.05, 4.69) is 46.3 Å². The number of nitrogens with zero attached hydrogens (tertiary/aromatic N) is 1. The first-order valence-electron chi connectivity index (χ1n) is 5.39. The number of hydrogen-bond donors (Lipinski definition) is 1. The van der Waals surface area contributed by atoms with Crippen LogP contribution in [0.3, 0.4) is 0 Å². The van der Waals surface area contributed by atoms with Gasteiger partial charge in [-0.1, -0.05) is 27.5 Å². The molecule has 0 bridgehead atoms. The van der Waals surface area contributed by atoms with Gasteiger partial charge in [0.2, 0.25) is 0 Å². The quantitative estimate of drug-likeness (QED) is 0.812. The van der Waals surface area contributed by atoms with Crippen molar-refractivity contribution in [1.29, 1.82) is 0 Å². The molecule has 0 unspecified atom stereocenters. The van der Waals surface area contributed by atoms with E-state index in [1.165, 1.54) is 0 Å². The summed E-state index contributed by atoms with van der Waals surface area (Å²) in [6.45, 7) is 2.95. The molecule has 90 valence electrons. The Morgan fingerprint density at radius 2 is 2.12 bits per heavy atom. The molecule has 0 amide bonds. The van der Waals surface area contributed by atoms with E-state index in [4.69, 9.17) is 11.6 Å². The molecule has 16 heavy (non-hydrogen) atoms. The fourth-order valence-corrected chi connectivity index (χ4v) is 2.01. The summed E-state index contributed by atoms with van der Waals surface area (Å²) in [5.41, 5.74) is 1.14. The number of nitrogens with one attached hydrogen (secondary N) is 1. The molecule has 0 saturated carbocycles. The van der Waals surface area contributed by atoms with Crippen molar-refractivity contribution in [2.45, 2.75) is 13.0 Å². The molecule has 1 rings (SSSR count). The zero-order chi connectivity index (χ0) is 12.0. The van der Waals surface area contributed by atoms with E-state index in [9.17, 15) is 0 Å². The summed E-state index contributed by atoms with van der Waals surface area (Å²) in [4.78, 5) is 2.19. The van der Waals surface area contributed by atoms with Gasteiger partial charge < -0.3 is 10.2 Å². The Labute approximate surface area is 111 Å². The monoisotopic (exact) mass is 304 g/mol. The largest absolute Gasteiger partial charge is 0.313 e. The average Bonchev–Trinajstić information content (AvgIpc) is 2.22. The highest BCUT2D eigenvalue weighted by Gasteiger charge is 2.00. The molecule has 0 saturated heterocycles. The van der Waals surface area contributed by atoms with Gasteiger partial charge in [0.25, 0.3) is 0 Å². The van der Waals surface area contributed by atoms with Crippen LogP contribution in [0.5, 0.6) is 0 Å². The third kappa shape index (κ3) is 5.30. The lowest BCUT2D eigenvalue weighted by Gasteiger charge is -2.10. The van der Waals surface area contributed by atoms with E-state index in [1.807, 2.05) is 12.1 Å². The summed E-state index contributed by atoms with van der Waals surface area (Å²) >= 11 is 9.54. The molecule has 1 aromatic rings. The van der Waals surface area contributed by atoms with E-state index >= 15 is 0 Å². The van der Waals surface area contributed by atoms with Crippen molar-refractivity contribution in [2.24, 2.45) is 0 Å². The van der Waals surface area contributed by atoms with Gasteiger partial charge >= 0.3 is 0 Å². The molecule has 0 heterocycles. The molecule has 2 nitrogen and oxygen atoms in total. The van der Waals surface area contributed by atoms with Crippen LogP contribution in [-0.4, -0.2) is 32.1 Å². The van der Waals surface area contributed by atoms with Crippen molar-refractivity contribution in [3.05, 3.63) is 33.3 Å². The Morgan fingerprint density at radius 1 is 1.38 bits per heavy atom. The normalized spacial score (nSPS) is 11.1. The highest BCUT2D eigenvalue weighted by atomic mass is 79.9. The third-order valence-electron chi connectivity index (χ3n) is 2.28. The summed E-state index contributed by atoms with van der Waals surface area (Å²) in [5.74, 6) is 0. The van der Waals surface area contributed by atoms with Crippen molar-refractivity contribution in [3.8, 4) is 0 Å². The fraction of sp³-hybridized carbons (Fsp3) is 0.500. The summed E-state index contributed by atoms with van der Waals surface area (Å²) in [6.07, 6.45) is 1.15. The van der Waals surface area contributed by atoms with E-state index < -0.39 is 0 Å². The average molecular weight is 306 g/mol. The number of hydrogen-bond acceptors (Lipinski definition) is 2. The predicted molar refractivity (Wildman–Crippen MR) is 74.0 cm³/mol. The first kappa shape index (κ1) is 14.0. The molecule has 0 fully saturated rings. The molecule has 0 aliphatic heterocycles. The zero-order valence-corrected chi connectivity index (χ0v) is 12.1. The molecule has 0 radical (unpaired) electrons. The molecule has 0 aliphatic rings. The van der Waals surface area contributed by atoms with Crippen LogP contribution in [0.25, 0.3) is 0 Å². The lowest BCUT2D eigenvalue weighted by Crippen LogP contribution is -2.21. The van der Waals surface area contributed by atoms with E-state index in [0.717, 1.165) is 41.1 Å². The van der Waals surface area contributed by atoms with E-state index in [1.54, 1.807) is 0 Å². The minimum atomic E-state index is 0.823. The van der Waals surface area contributed by atoms with Crippen LogP contribution in [0.2, 0.25) is 5.02 Å². The van der Waals surface area contributed by atoms with Crippen LogP contribution >= 0.6 is 27.5 Å². The summed E-state index contributed by atoms with van der Waals surface area (Å²) < 4.78 is 1.07. The maximum absolute atomic E-state index is 6.09. The van der Waals surface area contributed by atoms with Crippen LogP contribution in [0.1, 0.15) is 12.0 Å². The van der Waals surface area contributed by atoms with Crippen LogP contribution in [0, 0.1) is 0 Å². The summed E-state index contributed by atoms with van der Waals surface area (Å²) in [5, 5.41) is 4.22. The molecule has 1 aromatic carbocycles. The molecule has 0 aliphatic carbocycles. The van der Waals surface area contributed by atoms with Gasteiger partial charge in [0, 0.05) is 16.0 Å². The Kier molecular flexibility index (Phi) is 6.36. The van der Waals surface area contributed by atoms with Crippen LogP contribution in [-0.2, 0) is 6.54 Å². The Bertz CT molecular complexity index is 329. The first-order valence-corrected chi connectivity index (χ1v) is 6.56. The van der Waals surface area contributed by atoms with Gasteiger partial charge in [-0.3, -0.25) is 0 Å². The molecule has 0 spiro atoms. The zero-order valence-electron chi connectivity index (χ0n) is 9.76. The van der Waals surface area contributed by atoms with Crippen molar-refractivity contribution in [2.75, 3.05) is 27.2 Å². The second-order valence-corrected chi connectivity index (χ2v) is 5.39. The minimum Gasteiger partial charge on any atom is -0.313 e. The minimum absolute atomic E-state index is 0.823. The van der Waals surface area contributed by atoms with Gasteiger partial charge in [-0.2, -0.15) is 0 Å². The Morgan fingerprint density at radius 3 is 2.81 bits per heavy atom. The molecule has 4 heteroatoms. The first-order chi connectivity index (χ1) is 7.59. The Balaban J connectivity index is 2.29. The van der Waals surface area contributed by atoms with Crippen LogP contribution < -0.4 is 5.32 Å². The van der Waals surface area contributed by atoms with Crippen molar-refractivity contribution in [1.82, 2.24) is 10.2 Å². The Hall–Kier alpha value is -0.0900. The fourth-order valence-electron chi connectivity index (χ4n) is 1.42. The highest BCUT2D eigenvalue weighted by molar-refractivity contribution is 9.10. The maximum atomic E-state index is 6.09. The van der Waals surface area contributed by atoms with E-state index in [0.29, 0.717) is 0 Å². The highest BCUT2D eigenvalue weighted by Crippen LogP contribution is 2.20. The van der Waals surface area contributed by atoms with Crippen molar-refractivity contribution < 1.29 is 0 Å².